The average molecular weight is 181 g/mol. The fraction of sp³-hybridized carbons (Fsp3) is 1.00. The van der Waals surface area contributed by atoms with E-state index >= 15 is 0 Å². The molecule has 0 aromatic carbocycles. The molecule has 0 aliphatic heterocycles. The van der Waals surface area contributed by atoms with Gasteiger partial charge in [0, 0.05) is 6.04 Å². The number of hydrogen-bond acceptors (Lipinski definition) is 1. The van der Waals surface area contributed by atoms with Gasteiger partial charge in [-0.1, -0.05) is 32.6 Å². The molecule has 0 bridgehead atoms. The molecule has 0 radical (unpaired) electrons. The Balaban J connectivity index is 1.56. The van der Waals surface area contributed by atoms with E-state index in [0.717, 1.165) is 17.9 Å². The highest BCUT2D eigenvalue weighted by atomic mass is 14.9. The minimum Gasteiger partial charge on any atom is -0.314 e. The molecule has 1 heteroatoms. The molecule has 76 valence electrons. The van der Waals surface area contributed by atoms with Gasteiger partial charge in [0.15, 0.2) is 0 Å². The van der Waals surface area contributed by atoms with Gasteiger partial charge in [-0.15, -0.1) is 0 Å². The van der Waals surface area contributed by atoms with Crippen LogP contribution in [0.2, 0.25) is 0 Å². The summed E-state index contributed by atoms with van der Waals surface area (Å²) in [5, 5.41) is 3.72. The molecule has 2 rings (SSSR count). The highest BCUT2D eigenvalue weighted by Crippen LogP contribution is 2.32. The Morgan fingerprint density at radius 2 is 2.00 bits per heavy atom. The van der Waals surface area contributed by atoms with Crippen molar-refractivity contribution in [3.8, 4) is 0 Å². The summed E-state index contributed by atoms with van der Waals surface area (Å²) in [6.45, 7) is 3.68. The Hall–Kier alpha value is -0.0400. The zero-order chi connectivity index (χ0) is 9.10. The molecule has 1 N–H and O–H groups in total. The molecule has 0 amide bonds. The first-order valence-electron chi connectivity index (χ1n) is 6.08. The highest BCUT2D eigenvalue weighted by Gasteiger charge is 2.22. The summed E-state index contributed by atoms with van der Waals surface area (Å²) in [5.74, 6) is 2.06. The van der Waals surface area contributed by atoms with Gasteiger partial charge in [-0.05, 0) is 37.6 Å². The fourth-order valence-corrected chi connectivity index (χ4v) is 2.52. The highest BCUT2D eigenvalue weighted by molar-refractivity contribution is 4.78. The van der Waals surface area contributed by atoms with Crippen LogP contribution in [0.4, 0.5) is 0 Å². The molecule has 2 saturated carbocycles. The molecule has 2 atom stereocenters. The van der Waals surface area contributed by atoms with Gasteiger partial charge in [-0.3, -0.25) is 0 Å². The molecule has 2 fully saturated rings. The van der Waals surface area contributed by atoms with E-state index in [9.17, 15) is 0 Å². The molecule has 0 aromatic rings. The van der Waals surface area contributed by atoms with E-state index in [2.05, 4.69) is 12.2 Å². The summed E-state index contributed by atoms with van der Waals surface area (Å²) in [4.78, 5) is 0. The lowest BCUT2D eigenvalue weighted by molar-refractivity contribution is 0.300. The van der Waals surface area contributed by atoms with Crippen LogP contribution in [0, 0.1) is 11.8 Å². The topological polar surface area (TPSA) is 12.0 Å². The molecular formula is C12H23N. The van der Waals surface area contributed by atoms with Gasteiger partial charge in [0.05, 0.1) is 0 Å². The second-order valence-corrected chi connectivity index (χ2v) is 5.15. The maximum Gasteiger partial charge on any atom is 0.00696 e. The zero-order valence-electron chi connectivity index (χ0n) is 8.89. The molecule has 1 nitrogen and oxygen atoms in total. The summed E-state index contributed by atoms with van der Waals surface area (Å²) < 4.78 is 0. The van der Waals surface area contributed by atoms with Crippen LogP contribution in [0.15, 0.2) is 0 Å². The van der Waals surface area contributed by atoms with Crippen molar-refractivity contribution in [1.82, 2.24) is 5.32 Å². The van der Waals surface area contributed by atoms with E-state index in [1.54, 1.807) is 0 Å². The van der Waals surface area contributed by atoms with Crippen LogP contribution in [-0.2, 0) is 0 Å². The van der Waals surface area contributed by atoms with Crippen molar-refractivity contribution in [3.63, 3.8) is 0 Å². The lowest BCUT2D eigenvalue weighted by Gasteiger charge is -2.27. The second-order valence-electron chi connectivity index (χ2n) is 5.15. The van der Waals surface area contributed by atoms with Crippen LogP contribution in [0.3, 0.4) is 0 Å². The molecule has 0 heterocycles. The maximum atomic E-state index is 3.72. The lowest BCUT2D eigenvalue weighted by atomic mass is 9.87. The van der Waals surface area contributed by atoms with E-state index in [4.69, 9.17) is 0 Å². The quantitative estimate of drug-likeness (QED) is 0.703. The number of hydrogen-bond donors (Lipinski definition) is 1. The molecule has 13 heavy (non-hydrogen) atoms. The minimum absolute atomic E-state index is 0.850. The van der Waals surface area contributed by atoms with Crippen molar-refractivity contribution in [3.05, 3.63) is 0 Å². The molecule has 2 unspecified atom stereocenters. The van der Waals surface area contributed by atoms with Gasteiger partial charge in [0.2, 0.25) is 0 Å². The van der Waals surface area contributed by atoms with E-state index in [-0.39, 0.29) is 0 Å². The van der Waals surface area contributed by atoms with E-state index in [1.807, 2.05) is 0 Å². The maximum absolute atomic E-state index is 3.72. The molecular weight excluding hydrogens is 158 g/mol. The normalized spacial score (nSPS) is 34.8. The van der Waals surface area contributed by atoms with Gasteiger partial charge in [-0.2, -0.15) is 0 Å². The summed E-state index contributed by atoms with van der Waals surface area (Å²) >= 11 is 0. The Bertz CT molecular complexity index is 151. The van der Waals surface area contributed by atoms with Crippen LogP contribution in [-0.4, -0.2) is 12.6 Å². The predicted molar refractivity (Wildman–Crippen MR) is 56.8 cm³/mol. The first-order valence-corrected chi connectivity index (χ1v) is 6.08. The van der Waals surface area contributed by atoms with E-state index < -0.39 is 0 Å². The third-order valence-electron chi connectivity index (χ3n) is 3.62. The zero-order valence-corrected chi connectivity index (χ0v) is 8.89. The van der Waals surface area contributed by atoms with Crippen LogP contribution >= 0.6 is 0 Å². The summed E-state index contributed by atoms with van der Waals surface area (Å²) in [5.41, 5.74) is 0. The third kappa shape index (κ3) is 3.30. The summed E-state index contributed by atoms with van der Waals surface area (Å²) in [6.07, 6.45) is 10.2. The third-order valence-corrected chi connectivity index (χ3v) is 3.62. The Morgan fingerprint density at radius 1 is 1.15 bits per heavy atom. The van der Waals surface area contributed by atoms with Crippen molar-refractivity contribution in [2.24, 2.45) is 11.8 Å². The van der Waals surface area contributed by atoms with Crippen molar-refractivity contribution in [1.29, 1.82) is 0 Å². The van der Waals surface area contributed by atoms with Crippen LogP contribution < -0.4 is 5.32 Å². The van der Waals surface area contributed by atoms with Crippen LogP contribution in [0.25, 0.3) is 0 Å². The first kappa shape index (κ1) is 9.51. The van der Waals surface area contributed by atoms with Gasteiger partial charge in [0.25, 0.3) is 0 Å². The van der Waals surface area contributed by atoms with Crippen LogP contribution in [0.1, 0.15) is 51.9 Å². The Labute approximate surface area is 82.3 Å². The fourth-order valence-electron chi connectivity index (χ4n) is 2.52. The smallest absolute Gasteiger partial charge is 0.00696 e. The number of rotatable bonds is 4. The van der Waals surface area contributed by atoms with Gasteiger partial charge < -0.3 is 5.32 Å². The van der Waals surface area contributed by atoms with Crippen molar-refractivity contribution < 1.29 is 0 Å². The predicted octanol–water partition coefficient (Wildman–Crippen LogP) is 2.95. The van der Waals surface area contributed by atoms with Gasteiger partial charge in [-0.25, -0.2) is 0 Å². The summed E-state index contributed by atoms with van der Waals surface area (Å²) in [6, 6.07) is 0.850. The molecule has 0 aromatic heterocycles. The van der Waals surface area contributed by atoms with Crippen LogP contribution in [0.5, 0.6) is 0 Å². The SMILES string of the molecule is CC1CCCC(NCCC2CC2)C1. The Morgan fingerprint density at radius 3 is 2.69 bits per heavy atom. The summed E-state index contributed by atoms with van der Waals surface area (Å²) in [7, 11) is 0. The monoisotopic (exact) mass is 181 g/mol. The first-order chi connectivity index (χ1) is 6.34. The van der Waals surface area contributed by atoms with Gasteiger partial charge in [0.1, 0.15) is 0 Å². The van der Waals surface area contributed by atoms with Crippen molar-refractivity contribution in [2.75, 3.05) is 6.54 Å². The largest absolute Gasteiger partial charge is 0.314 e. The number of nitrogens with one attached hydrogen (secondary N) is 1. The van der Waals surface area contributed by atoms with E-state index in [1.165, 1.54) is 51.5 Å². The molecule has 2 aliphatic rings. The molecule has 0 saturated heterocycles. The average Bonchev–Trinajstić information content (AvgIpc) is 2.88. The molecule has 2 aliphatic carbocycles. The molecule has 0 spiro atoms. The Kier molecular flexibility index (Phi) is 3.26. The standard InChI is InChI=1S/C12H23N/c1-10-3-2-4-12(9-10)13-8-7-11-5-6-11/h10-13H,2-9H2,1H3. The van der Waals surface area contributed by atoms with E-state index in [0.29, 0.717) is 0 Å². The minimum atomic E-state index is 0.850. The van der Waals surface area contributed by atoms with Crippen molar-refractivity contribution in [2.45, 2.75) is 57.9 Å². The van der Waals surface area contributed by atoms with Crippen molar-refractivity contribution >= 4 is 0 Å². The second kappa shape index (κ2) is 4.45. The van der Waals surface area contributed by atoms with Gasteiger partial charge >= 0.3 is 0 Å². The lowest BCUT2D eigenvalue weighted by Crippen LogP contribution is -2.34.